The number of hydrogen-bond donors (Lipinski definition) is 2. The van der Waals surface area contributed by atoms with Crippen LogP contribution in [0.15, 0.2) is 18.2 Å². The Kier molecular flexibility index (Phi) is 4.04. The number of fused-ring (bicyclic) bond motifs is 1. The van der Waals surface area contributed by atoms with Crippen LogP contribution in [-0.2, 0) is 13.0 Å². The Hall–Kier alpha value is -1.06. The first-order valence-corrected chi connectivity index (χ1v) is 7.57. The minimum Gasteiger partial charge on any atom is -0.384 e. The van der Waals surface area contributed by atoms with E-state index in [0.717, 1.165) is 25.6 Å². The van der Waals surface area contributed by atoms with E-state index in [9.17, 15) is 0 Å². The van der Waals surface area contributed by atoms with Gasteiger partial charge in [-0.15, -0.1) is 0 Å². The first-order chi connectivity index (χ1) is 9.33. The third kappa shape index (κ3) is 3.10. The molecule has 0 amide bonds. The van der Waals surface area contributed by atoms with Crippen molar-refractivity contribution >= 4 is 5.69 Å². The van der Waals surface area contributed by atoms with Crippen molar-refractivity contribution in [3.05, 3.63) is 29.3 Å². The second-order valence-electron chi connectivity index (χ2n) is 6.03. The highest BCUT2D eigenvalue weighted by atomic mass is 15.1. The molecule has 1 aromatic carbocycles. The molecule has 3 rings (SSSR count). The van der Waals surface area contributed by atoms with E-state index >= 15 is 0 Å². The number of para-hydroxylation sites is 1. The SMILES string of the molecule is CN1CCCC(CNCc2cccc3c2NCC3)C1. The van der Waals surface area contributed by atoms with E-state index in [4.69, 9.17) is 0 Å². The second kappa shape index (κ2) is 5.93. The van der Waals surface area contributed by atoms with Crippen LogP contribution in [-0.4, -0.2) is 38.1 Å². The molecular formula is C16H25N3. The largest absolute Gasteiger partial charge is 0.384 e. The molecule has 0 radical (unpaired) electrons. The van der Waals surface area contributed by atoms with Gasteiger partial charge in [0.25, 0.3) is 0 Å². The zero-order valence-electron chi connectivity index (χ0n) is 11.9. The summed E-state index contributed by atoms with van der Waals surface area (Å²) in [6.07, 6.45) is 3.91. The van der Waals surface area contributed by atoms with Gasteiger partial charge in [0.2, 0.25) is 0 Å². The van der Waals surface area contributed by atoms with E-state index in [1.165, 1.54) is 49.2 Å². The molecule has 0 saturated carbocycles. The number of hydrogen-bond acceptors (Lipinski definition) is 3. The standard InChI is InChI=1S/C16H25N3/c1-19-9-3-4-13(12-19)10-17-11-15-6-2-5-14-7-8-18-16(14)15/h2,5-6,13,17-18H,3-4,7-12H2,1H3. The highest BCUT2D eigenvalue weighted by Gasteiger charge is 2.17. The summed E-state index contributed by atoms with van der Waals surface area (Å²) in [5.74, 6) is 0.823. The summed E-state index contributed by atoms with van der Waals surface area (Å²) in [7, 11) is 2.24. The number of nitrogens with zero attached hydrogens (tertiary/aromatic N) is 1. The molecule has 0 spiro atoms. The van der Waals surface area contributed by atoms with Gasteiger partial charge >= 0.3 is 0 Å². The van der Waals surface area contributed by atoms with Crippen LogP contribution in [0.1, 0.15) is 24.0 Å². The van der Waals surface area contributed by atoms with Crippen molar-refractivity contribution in [2.24, 2.45) is 5.92 Å². The van der Waals surface area contributed by atoms with Crippen LogP contribution in [0.2, 0.25) is 0 Å². The van der Waals surface area contributed by atoms with E-state index in [1.807, 2.05) is 0 Å². The van der Waals surface area contributed by atoms with Crippen molar-refractivity contribution in [2.45, 2.75) is 25.8 Å². The fraction of sp³-hybridized carbons (Fsp3) is 0.625. The highest BCUT2D eigenvalue weighted by Crippen LogP contribution is 2.26. The Morgan fingerprint density at radius 1 is 1.42 bits per heavy atom. The average molecular weight is 259 g/mol. The molecule has 1 fully saturated rings. The van der Waals surface area contributed by atoms with Crippen molar-refractivity contribution in [1.82, 2.24) is 10.2 Å². The topological polar surface area (TPSA) is 27.3 Å². The Morgan fingerprint density at radius 2 is 2.37 bits per heavy atom. The van der Waals surface area contributed by atoms with Crippen molar-refractivity contribution < 1.29 is 0 Å². The lowest BCUT2D eigenvalue weighted by atomic mass is 9.98. The van der Waals surface area contributed by atoms with Gasteiger partial charge in [0.15, 0.2) is 0 Å². The Bertz CT molecular complexity index is 430. The summed E-state index contributed by atoms with van der Waals surface area (Å²) >= 11 is 0. The molecule has 1 aromatic rings. The zero-order valence-corrected chi connectivity index (χ0v) is 11.9. The molecule has 2 aliphatic heterocycles. The minimum atomic E-state index is 0.823. The Balaban J connectivity index is 1.51. The number of anilines is 1. The van der Waals surface area contributed by atoms with Crippen molar-refractivity contribution in [2.75, 3.05) is 38.5 Å². The fourth-order valence-corrected chi connectivity index (χ4v) is 3.41. The van der Waals surface area contributed by atoms with Crippen LogP contribution < -0.4 is 10.6 Å². The molecule has 0 aromatic heterocycles. The number of nitrogens with one attached hydrogen (secondary N) is 2. The first-order valence-electron chi connectivity index (χ1n) is 7.57. The number of rotatable bonds is 4. The summed E-state index contributed by atoms with van der Waals surface area (Å²) in [4.78, 5) is 2.46. The van der Waals surface area contributed by atoms with Gasteiger partial charge in [-0.3, -0.25) is 0 Å². The lowest BCUT2D eigenvalue weighted by Crippen LogP contribution is -2.37. The summed E-state index contributed by atoms with van der Waals surface area (Å²) in [5.41, 5.74) is 4.30. The van der Waals surface area contributed by atoms with Gasteiger partial charge in [0.05, 0.1) is 0 Å². The predicted molar refractivity (Wildman–Crippen MR) is 80.6 cm³/mol. The van der Waals surface area contributed by atoms with Gasteiger partial charge < -0.3 is 15.5 Å². The number of likely N-dealkylation sites (tertiary alicyclic amines) is 1. The van der Waals surface area contributed by atoms with Crippen LogP contribution in [0.25, 0.3) is 0 Å². The third-order valence-corrected chi connectivity index (χ3v) is 4.40. The van der Waals surface area contributed by atoms with Crippen molar-refractivity contribution in [3.63, 3.8) is 0 Å². The molecule has 2 heterocycles. The van der Waals surface area contributed by atoms with E-state index < -0.39 is 0 Å². The Labute approximate surface area is 116 Å². The second-order valence-corrected chi connectivity index (χ2v) is 6.03. The van der Waals surface area contributed by atoms with Crippen LogP contribution in [0.4, 0.5) is 5.69 Å². The lowest BCUT2D eigenvalue weighted by Gasteiger charge is -2.29. The molecule has 3 heteroatoms. The monoisotopic (exact) mass is 259 g/mol. The maximum absolute atomic E-state index is 3.66. The average Bonchev–Trinajstić information content (AvgIpc) is 2.88. The molecule has 0 bridgehead atoms. The quantitative estimate of drug-likeness (QED) is 0.867. The first kappa shape index (κ1) is 12.9. The van der Waals surface area contributed by atoms with Crippen molar-refractivity contribution in [3.8, 4) is 0 Å². The maximum Gasteiger partial charge on any atom is 0.0419 e. The smallest absolute Gasteiger partial charge is 0.0419 e. The maximum atomic E-state index is 3.66. The molecular weight excluding hydrogens is 234 g/mol. The van der Waals surface area contributed by atoms with Gasteiger partial charge in [-0.2, -0.15) is 0 Å². The van der Waals surface area contributed by atoms with Gasteiger partial charge in [-0.05, 0) is 56.4 Å². The molecule has 3 nitrogen and oxygen atoms in total. The van der Waals surface area contributed by atoms with E-state index in [-0.39, 0.29) is 0 Å². The van der Waals surface area contributed by atoms with E-state index in [2.05, 4.69) is 40.8 Å². The van der Waals surface area contributed by atoms with Crippen LogP contribution in [0, 0.1) is 5.92 Å². The minimum absolute atomic E-state index is 0.823. The number of benzene rings is 1. The summed E-state index contributed by atoms with van der Waals surface area (Å²) in [5, 5.41) is 7.17. The third-order valence-electron chi connectivity index (χ3n) is 4.40. The van der Waals surface area contributed by atoms with Gasteiger partial charge in [-0.1, -0.05) is 18.2 Å². The normalized spacial score (nSPS) is 23.1. The molecule has 104 valence electrons. The molecule has 1 unspecified atom stereocenters. The molecule has 1 atom stereocenters. The molecule has 0 aliphatic carbocycles. The van der Waals surface area contributed by atoms with E-state index in [0.29, 0.717) is 0 Å². The lowest BCUT2D eigenvalue weighted by molar-refractivity contribution is 0.206. The summed E-state index contributed by atoms with van der Waals surface area (Å²) in [6, 6.07) is 6.68. The number of piperidine rings is 1. The van der Waals surface area contributed by atoms with Crippen LogP contribution in [0.3, 0.4) is 0 Å². The predicted octanol–water partition coefficient (Wildman–Crippen LogP) is 2.09. The molecule has 1 saturated heterocycles. The molecule has 19 heavy (non-hydrogen) atoms. The van der Waals surface area contributed by atoms with Gasteiger partial charge in [0.1, 0.15) is 0 Å². The molecule has 2 aliphatic rings. The summed E-state index contributed by atoms with van der Waals surface area (Å²) in [6.45, 7) is 5.76. The van der Waals surface area contributed by atoms with Crippen molar-refractivity contribution in [1.29, 1.82) is 0 Å². The highest BCUT2D eigenvalue weighted by molar-refractivity contribution is 5.61. The van der Waals surface area contributed by atoms with E-state index in [1.54, 1.807) is 0 Å². The zero-order chi connectivity index (χ0) is 13.1. The summed E-state index contributed by atoms with van der Waals surface area (Å²) < 4.78 is 0. The van der Waals surface area contributed by atoms with Crippen LogP contribution >= 0.6 is 0 Å². The van der Waals surface area contributed by atoms with Gasteiger partial charge in [-0.25, -0.2) is 0 Å². The van der Waals surface area contributed by atoms with Gasteiger partial charge in [0, 0.05) is 25.3 Å². The molecule has 2 N–H and O–H groups in total. The van der Waals surface area contributed by atoms with Crippen LogP contribution in [0.5, 0.6) is 0 Å². The Morgan fingerprint density at radius 3 is 3.26 bits per heavy atom. The fourth-order valence-electron chi connectivity index (χ4n) is 3.41.